The van der Waals surface area contributed by atoms with E-state index in [4.69, 9.17) is 4.74 Å². The molecule has 1 heterocycles. The first-order valence-electron chi connectivity index (χ1n) is 9.26. The fraction of sp³-hybridized carbons (Fsp3) is 0.429. The second-order valence-electron chi connectivity index (χ2n) is 6.99. The molecule has 0 radical (unpaired) electrons. The van der Waals surface area contributed by atoms with Crippen LogP contribution in [0.1, 0.15) is 17.5 Å². The molecule has 0 amide bonds. The fourth-order valence-corrected chi connectivity index (χ4v) is 3.61. The Morgan fingerprint density at radius 1 is 1.11 bits per heavy atom. The molecule has 1 saturated heterocycles. The lowest BCUT2D eigenvalue weighted by Crippen LogP contribution is -2.52. The lowest BCUT2D eigenvalue weighted by Gasteiger charge is -2.41. The van der Waals surface area contributed by atoms with E-state index in [9.17, 15) is 14.6 Å². The molecule has 27 heavy (non-hydrogen) atoms. The minimum Gasteiger partial charge on any atom is -0.508 e. The predicted octanol–water partition coefficient (Wildman–Crippen LogP) is 2.61. The Hall–Kier alpha value is -2.15. The summed E-state index contributed by atoms with van der Waals surface area (Å²) in [6.07, 6.45) is 0.682. The van der Waals surface area contributed by atoms with Crippen LogP contribution in [0.15, 0.2) is 42.5 Å². The van der Waals surface area contributed by atoms with Crippen molar-refractivity contribution in [1.82, 2.24) is 9.80 Å². The van der Waals surface area contributed by atoms with Gasteiger partial charge in [-0.2, -0.15) is 0 Å². The van der Waals surface area contributed by atoms with Gasteiger partial charge in [0.05, 0.1) is 7.11 Å². The van der Waals surface area contributed by atoms with Crippen LogP contribution in [0.2, 0.25) is 0 Å². The number of phenolic OH excluding ortho intramolecular Hbond substituents is 1. The standard InChI is InChI=1S/C21H27FN2O3/c1-27-20-6-7-21(26)17(12-20)14-23-9-10-24(19(15-23)8-11-25)13-16-2-4-18(22)5-3-16/h2-7,12,19,25-26H,8-11,13-15H2,1H3. The number of benzene rings is 2. The number of methoxy groups -OCH3 is 1. The number of rotatable bonds is 7. The molecular formula is C21H27FN2O3. The maximum atomic E-state index is 13.1. The third-order valence-electron chi connectivity index (χ3n) is 5.13. The monoisotopic (exact) mass is 374 g/mol. The Labute approximate surface area is 159 Å². The van der Waals surface area contributed by atoms with Gasteiger partial charge in [0, 0.05) is 50.9 Å². The van der Waals surface area contributed by atoms with Crippen LogP contribution in [0.4, 0.5) is 4.39 Å². The Balaban J connectivity index is 1.65. The summed E-state index contributed by atoms with van der Waals surface area (Å²) in [6, 6.07) is 12.1. The topological polar surface area (TPSA) is 56.2 Å². The molecule has 0 spiro atoms. The van der Waals surface area contributed by atoms with E-state index in [0.29, 0.717) is 13.0 Å². The van der Waals surface area contributed by atoms with Crippen LogP contribution in [0, 0.1) is 5.82 Å². The van der Waals surface area contributed by atoms with Gasteiger partial charge in [0.25, 0.3) is 0 Å². The molecule has 3 rings (SSSR count). The molecule has 0 aromatic heterocycles. The predicted molar refractivity (Wildman–Crippen MR) is 102 cm³/mol. The van der Waals surface area contributed by atoms with E-state index in [1.165, 1.54) is 12.1 Å². The van der Waals surface area contributed by atoms with Gasteiger partial charge in [-0.05, 0) is 42.3 Å². The normalized spacial score (nSPS) is 18.6. The summed E-state index contributed by atoms with van der Waals surface area (Å²) < 4.78 is 18.4. The summed E-state index contributed by atoms with van der Waals surface area (Å²) in [7, 11) is 1.61. The summed E-state index contributed by atoms with van der Waals surface area (Å²) in [6.45, 7) is 4.02. The number of ether oxygens (including phenoxy) is 1. The molecule has 1 aliphatic rings. The van der Waals surface area contributed by atoms with Crippen LogP contribution in [0.3, 0.4) is 0 Å². The van der Waals surface area contributed by atoms with Gasteiger partial charge >= 0.3 is 0 Å². The van der Waals surface area contributed by atoms with Crippen LogP contribution < -0.4 is 4.74 Å². The molecule has 6 heteroatoms. The first-order chi connectivity index (χ1) is 13.1. The second kappa shape index (κ2) is 9.17. The third-order valence-corrected chi connectivity index (χ3v) is 5.13. The summed E-state index contributed by atoms with van der Waals surface area (Å²) in [5.41, 5.74) is 1.90. The molecule has 1 fully saturated rings. The highest BCUT2D eigenvalue weighted by atomic mass is 19.1. The van der Waals surface area contributed by atoms with Crippen molar-refractivity contribution >= 4 is 0 Å². The number of hydrogen-bond acceptors (Lipinski definition) is 5. The van der Waals surface area contributed by atoms with Crippen molar-refractivity contribution < 1.29 is 19.3 Å². The molecule has 0 bridgehead atoms. The zero-order valence-electron chi connectivity index (χ0n) is 15.6. The minimum absolute atomic E-state index is 0.128. The quantitative estimate of drug-likeness (QED) is 0.780. The number of aliphatic hydroxyl groups is 1. The molecule has 1 atom stereocenters. The lowest BCUT2D eigenvalue weighted by atomic mass is 10.1. The summed E-state index contributed by atoms with van der Waals surface area (Å²) in [5.74, 6) is 0.765. The van der Waals surface area contributed by atoms with Gasteiger partial charge in [0.1, 0.15) is 17.3 Å². The van der Waals surface area contributed by atoms with E-state index in [0.717, 1.165) is 43.1 Å². The van der Waals surface area contributed by atoms with E-state index in [2.05, 4.69) is 9.80 Å². The van der Waals surface area contributed by atoms with Crippen LogP contribution in [-0.4, -0.2) is 59.4 Å². The number of phenols is 1. The minimum atomic E-state index is -0.228. The SMILES string of the molecule is COc1ccc(O)c(CN2CCN(Cc3ccc(F)cc3)C(CCO)C2)c1. The first-order valence-corrected chi connectivity index (χ1v) is 9.26. The number of aromatic hydroxyl groups is 1. The van der Waals surface area contributed by atoms with Crippen molar-refractivity contribution in [3.8, 4) is 11.5 Å². The highest BCUT2D eigenvalue weighted by molar-refractivity contribution is 5.39. The van der Waals surface area contributed by atoms with Gasteiger partial charge in [-0.3, -0.25) is 9.80 Å². The number of piperazine rings is 1. The maximum absolute atomic E-state index is 13.1. The summed E-state index contributed by atoms with van der Waals surface area (Å²) in [5, 5.41) is 19.6. The van der Waals surface area contributed by atoms with Gasteiger partial charge in [-0.1, -0.05) is 12.1 Å². The molecule has 2 aromatic carbocycles. The van der Waals surface area contributed by atoms with Crippen molar-refractivity contribution in [3.63, 3.8) is 0 Å². The van der Waals surface area contributed by atoms with Crippen molar-refractivity contribution in [2.75, 3.05) is 33.4 Å². The van der Waals surface area contributed by atoms with Gasteiger partial charge in [0.15, 0.2) is 0 Å². The number of hydrogen-bond donors (Lipinski definition) is 2. The molecule has 1 unspecified atom stereocenters. The molecular weight excluding hydrogens is 347 g/mol. The highest BCUT2D eigenvalue weighted by Gasteiger charge is 2.27. The molecule has 146 valence electrons. The third kappa shape index (κ3) is 5.19. The average Bonchev–Trinajstić information content (AvgIpc) is 2.67. The molecule has 5 nitrogen and oxygen atoms in total. The lowest BCUT2D eigenvalue weighted by molar-refractivity contribution is 0.0496. The van der Waals surface area contributed by atoms with Gasteiger partial charge in [0.2, 0.25) is 0 Å². The van der Waals surface area contributed by atoms with Crippen molar-refractivity contribution in [3.05, 3.63) is 59.4 Å². The average molecular weight is 374 g/mol. The fourth-order valence-electron chi connectivity index (χ4n) is 3.61. The van der Waals surface area contributed by atoms with Crippen LogP contribution >= 0.6 is 0 Å². The number of nitrogens with zero attached hydrogens (tertiary/aromatic N) is 2. The molecule has 2 N–H and O–H groups in total. The van der Waals surface area contributed by atoms with E-state index in [-0.39, 0.29) is 24.2 Å². The van der Waals surface area contributed by atoms with Crippen LogP contribution in [0.5, 0.6) is 11.5 Å². The van der Waals surface area contributed by atoms with Crippen molar-refractivity contribution in [2.45, 2.75) is 25.6 Å². The molecule has 1 aliphatic heterocycles. The number of halogens is 1. The highest BCUT2D eigenvalue weighted by Crippen LogP contribution is 2.26. The Kier molecular flexibility index (Phi) is 6.66. The van der Waals surface area contributed by atoms with E-state index < -0.39 is 0 Å². The molecule has 0 saturated carbocycles. The summed E-state index contributed by atoms with van der Waals surface area (Å²) in [4.78, 5) is 4.63. The van der Waals surface area contributed by atoms with Gasteiger partial charge in [-0.25, -0.2) is 4.39 Å². The van der Waals surface area contributed by atoms with Gasteiger partial charge in [-0.15, -0.1) is 0 Å². The largest absolute Gasteiger partial charge is 0.508 e. The molecule has 2 aromatic rings. The Morgan fingerprint density at radius 3 is 2.59 bits per heavy atom. The first kappa shape index (κ1) is 19.6. The van der Waals surface area contributed by atoms with Crippen LogP contribution in [-0.2, 0) is 13.1 Å². The maximum Gasteiger partial charge on any atom is 0.123 e. The number of aliphatic hydroxyl groups excluding tert-OH is 1. The van der Waals surface area contributed by atoms with Crippen molar-refractivity contribution in [2.24, 2.45) is 0 Å². The zero-order valence-corrected chi connectivity index (χ0v) is 15.6. The van der Waals surface area contributed by atoms with Crippen LogP contribution in [0.25, 0.3) is 0 Å². The molecule has 0 aliphatic carbocycles. The van der Waals surface area contributed by atoms with Crippen molar-refractivity contribution in [1.29, 1.82) is 0 Å². The van der Waals surface area contributed by atoms with Gasteiger partial charge < -0.3 is 14.9 Å². The second-order valence-corrected chi connectivity index (χ2v) is 6.99. The Morgan fingerprint density at radius 2 is 1.89 bits per heavy atom. The smallest absolute Gasteiger partial charge is 0.123 e. The van der Waals surface area contributed by atoms with E-state index >= 15 is 0 Å². The Bertz CT molecular complexity index is 739. The zero-order chi connectivity index (χ0) is 19.2. The summed E-state index contributed by atoms with van der Waals surface area (Å²) >= 11 is 0. The van der Waals surface area contributed by atoms with E-state index in [1.54, 1.807) is 19.2 Å². The van der Waals surface area contributed by atoms with E-state index in [1.807, 2.05) is 18.2 Å².